The quantitative estimate of drug-likeness (QED) is 0.365. The Hall–Kier alpha value is -2.53. The molecule has 2 heterocycles. The van der Waals surface area contributed by atoms with Gasteiger partial charge in [0.15, 0.2) is 11.5 Å². The van der Waals surface area contributed by atoms with Crippen molar-refractivity contribution in [1.29, 1.82) is 0 Å². The van der Waals surface area contributed by atoms with Gasteiger partial charge in [0.25, 0.3) is 0 Å². The lowest BCUT2D eigenvalue weighted by atomic mass is 9.82. The summed E-state index contributed by atoms with van der Waals surface area (Å²) < 4.78 is 18.1. The predicted molar refractivity (Wildman–Crippen MR) is 136 cm³/mol. The van der Waals surface area contributed by atoms with Crippen molar-refractivity contribution in [3.63, 3.8) is 0 Å². The predicted octanol–water partition coefficient (Wildman–Crippen LogP) is 6.23. The summed E-state index contributed by atoms with van der Waals surface area (Å²) in [5.41, 5.74) is 4.50. The van der Waals surface area contributed by atoms with Crippen LogP contribution < -0.4 is 9.47 Å². The van der Waals surface area contributed by atoms with Crippen LogP contribution in [-0.4, -0.2) is 38.3 Å². The minimum atomic E-state index is -0.428. The summed E-state index contributed by atoms with van der Waals surface area (Å²) in [4.78, 5) is 2.42. The summed E-state index contributed by atoms with van der Waals surface area (Å²) in [5.74, 6) is 1.80. The number of benzene rings is 3. The van der Waals surface area contributed by atoms with E-state index in [4.69, 9.17) is 25.8 Å². The molecule has 0 radical (unpaired) electrons. The van der Waals surface area contributed by atoms with Crippen molar-refractivity contribution in [1.82, 2.24) is 4.90 Å². The first-order valence-electron chi connectivity index (χ1n) is 12.2. The second kappa shape index (κ2) is 10.4. The van der Waals surface area contributed by atoms with Crippen LogP contribution in [0.4, 0.5) is 0 Å². The smallest absolute Gasteiger partial charge is 0.164 e. The molecule has 5 heteroatoms. The molecule has 3 aromatic rings. The SMILES string of the molecule is CN(CCCc1cccc2c1OCCO2)CCCC1(c2cccc(Cl)c2)OCc2ccccc21. The van der Waals surface area contributed by atoms with Gasteiger partial charge in [-0.25, -0.2) is 0 Å². The van der Waals surface area contributed by atoms with E-state index in [0.717, 1.165) is 60.9 Å². The minimum absolute atomic E-state index is 0.428. The Balaban J connectivity index is 1.19. The van der Waals surface area contributed by atoms with Crippen LogP contribution in [-0.2, 0) is 23.4 Å². The molecule has 1 unspecified atom stereocenters. The summed E-state index contributed by atoms with van der Waals surface area (Å²) in [6.45, 7) is 3.95. The normalized spacial score (nSPS) is 18.8. The van der Waals surface area contributed by atoms with Gasteiger partial charge in [-0.3, -0.25) is 0 Å². The molecule has 0 aliphatic carbocycles. The van der Waals surface area contributed by atoms with Gasteiger partial charge in [-0.2, -0.15) is 0 Å². The first-order valence-corrected chi connectivity index (χ1v) is 12.6. The summed E-state index contributed by atoms with van der Waals surface area (Å²) in [5, 5.41) is 0.749. The fourth-order valence-electron chi connectivity index (χ4n) is 5.23. The second-order valence-electron chi connectivity index (χ2n) is 9.23. The molecule has 0 fully saturated rings. The van der Waals surface area contributed by atoms with Crippen LogP contribution in [0, 0.1) is 0 Å². The molecular formula is C29H32ClNO3. The maximum Gasteiger partial charge on any atom is 0.164 e. The summed E-state index contributed by atoms with van der Waals surface area (Å²) in [7, 11) is 2.20. The lowest BCUT2D eigenvalue weighted by molar-refractivity contribution is -0.0142. The zero-order chi connectivity index (χ0) is 23.4. The van der Waals surface area contributed by atoms with Crippen LogP contribution in [0.15, 0.2) is 66.7 Å². The van der Waals surface area contributed by atoms with Crippen LogP contribution in [0.2, 0.25) is 5.02 Å². The van der Waals surface area contributed by atoms with E-state index in [-0.39, 0.29) is 0 Å². The number of aryl methyl sites for hydroxylation is 1. The molecule has 0 bridgehead atoms. The highest BCUT2D eigenvalue weighted by Crippen LogP contribution is 2.45. The van der Waals surface area contributed by atoms with Gasteiger partial charge < -0.3 is 19.1 Å². The van der Waals surface area contributed by atoms with Crippen LogP contribution in [0.3, 0.4) is 0 Å². The summed E-state index contributed by atoms with van der Waals surface area (Å²) >= 11 is 6.37. The summed E-state index contributed by atoms with van der Waals surface area (Å²) in [6.07, 6.45) is 4.02. The molecule has 0 amide bonds. The van der Waals surface area contributed by atoms with E-state index < -0.39 is 5.60 Å². The molecule has 0 saturated carbocycles. The standard InChI is InChI=1S/C29H32ClNO3/c1-31(16-6-10-22-9-4-14-27-28(22)33-19-18-32-27)17-7-15-29(24-11-5-12-25(30)20-24)26-13-3-2-8-23(26)21-34-29/h2-5,8-9,11-14,20H,6-7,10,15-19,21H2,1H3. The highest BCUT2D eigenvalue weighted by molar-refractivity contribution is 6.30. The van der Waals surface area contributed by atoms with E-state index in [1.54, 1.807) is 0 Å². The molecule has 2 aliphatic heterocycles. The molecule has 4 nitrogen and oxygen atoms in total. The molecule has 2 aliphatic rings. The molecule has 5 rings (SSSR count). The first kappa shape index (κ1) is 23.2. The zero-order valence-electron chi connectivity index (χ0n) is 19.8. The number of ether oxygens (including phenoxy) is 3. The molecule has 0 spiro atoms. The van der Waals surface area contributed by atoms with Crippen LogP contribution in [0.25, 0.3) is 0 Å². The zero-order valence-corrected chi connectivity index (χ0v) is 20.5. The number of fused-ring (bicyclic) bond motifs is 2. The fraction of sp³-hybridized carbons (Fsp3) is 0.379. The van der Waals surface area contributed by atoms with Gasteiger partial charge in [-0.1, -0.05) is 60.1 Å². The van der Waals surface area contributed by atoms with E-state index in [1.165, 1.54) is 16.7 Å². The van der Waals surface area contributed by atoms with Gasteiger partial charge in [-0.05, 0) is 86.3 Å². The number of para-hydroxylation sites is 1. The largest absolute Gasteiger partial charge is 0.486 e. The number of hydrogen-bond donors (Lipinski definition) is 0. The number of hydrogen-bond acceptors (Lipinski definition) is 4. The molecule has 1 atom stereocenters. The topological polar surface area (TPSA) is 30.9 Å². The Bertz CT molecular complexity index is 1130. The van der Waals surface area contributed by atoms with Gasteiger partial charge in [0.2, 0.25) is 0 Å². The Kier molecular flexibility index (Phi) is 7.10. The Morgan fingerprint density at radius 3 is 2.65 bits per heavy atom. The molecule has 178 valence electrons. The Morgan fingerprint density at radius 1 is 0.912 bits per heavy atom. The highest BCUT2D eigenvalue weighted by atomic mass is 35.5. The van der Waals surface area contributed by atoms with Crippen molar-refractivity contribution in [2.24, 2.45) is 0 Å². The summed E-state index contributed by atoms with van der Waals surface area (Å²) in [6, 6.07) is 22.9. The number of nitrogens with zero attached hydrogens (tertiary/aromatic N) is 1. The van der Waals surface area contributed by atoms with Crippen molar-refractivity contribution in [3.05, 3.63) is 94.0 Å². The van der Waals surface area contributed by atoms with Gasteiger partial charge in [0.05, 0.1) is 6.61 Å². The molecular weight excluding hydrogens is 446 g/mol. The molecule has 0 saturated heterocycles. The van der Waals surface area contributed by atoms with Crippen LogP contribution >= 0.6 is 11.6 Å². The fourth-order valence-corrected chi connectivity index (χ4v) is 5.42. The maximum atomic E-state index is 6.52. The lowest BCUT2D eigenvalue weighted by Crippen LogP contribution is -2.29. The van der Waals surface area contributed by atoms with Crippen LogP contribution in [0.5, 0.6) is 11.5 Å². The molecule has 3 aromatic carbocycles. The van der Waals surface area contributed by atoms with E-state index in [9.17, 15) is 0 Å². The van der Waals surface area contributed by atoms with Gasteiger partial charge in [-0.15, -0.1) is 0 Å². The minimum Gasteiger partial charge on any atom is -0.486 e. The van der Waals surface area contributed by atoms with E-state index >= 15 is 0 Å². The van der Waals surface area contributed by atoms with E-state index in [0.29, 0.717) is 19.8 Å². The monoisotopic (exact) mass is 477 g/mol. The molecule has 0 aromatic heterocycles. The average molecular weight is 478 g/mol. The third kappa shape index (κ3) is 4.81. The van der Waals surface area contributed by atoms with Crippen molar-refractivity contribution in [2.75, 3.05) is 33.4 Å². The lowest BCUT2D eigenvalue weighted by Gasteiger charge is -2.31. The Labute approximate surface area is 207 Å². The van der Waals surface area contributed by atoms with Gasteiger partial charge in [0.1, 0.15) is 18.8 Å². The average Bonchev–Trinajstić information content (AvgIpc) is 3.24. The van der Waals surface area contributed by atoms with Gasteiger partial charge in [0, 0.05) is 5.02 Å². The maximum absolute atomic E-state index is 6.52. The number of halogens is 1. The molecule has 34 heavy (non-hydrogen) atoms. The van der Waals surface area contributed by atoms with Crippen molar-refractivity contribution in [2.45, 2.75) is 37.9 Å². The first-order chi connectivity index (χ1) is 16.7. The second-order valence-corrected chi connectivity index (χ2v) is 9.67. The van der Waals surface area contributed by atoms with Crippen molar-refractivity contribution >= 4 is 11.6 Å². The third-order valence-electron chi connectivity index (χ3n) is 6.92. The van der Waals surface area contributed by atoms with Gasteiger partial charge >= 0.3 is 0 Å². The van der Waals surface area contributed by atoms with E-state index in [1.807, 2.05) is 18.2 Å². The third-order valence-corrected chi connectivity index (χ3v) is 7.15. The number of rotatable bonds is 9. The molecule has 0 N–H and O–H groups in total. The van der Waals surface area contributed by atoms with Crippen LogP contribution in [0.1, 0.15) is 41.5 Å². The van der Waals surface area contributed by atoms with Crippen molar-refractivity contribution < 1.29 is 14.2 Å². The van der Waals surface area contributed by atoms with Crippen molar-refractivity contribution in [3.8, 4) is 11.5 Å². The van der Waals surface area contributed by atoms with E-state index in [2.05, 4.69) is 60.5 Å². The Morgan fingerprint density at radius 2 is 1.74 bits per heavy atom. The highest BCUT2D eigenvalue weighted by Gasteiger charge is 2.41.